The van der Waals surface area contributed by atoms with Crippen LogP contribution in [0.1, 0.15) is 30.9 Å². The Morgan fingerprint density at radius 1 is 1.35 bits per heavy atom. The molecule has 2 aliphatic rings. The molecule has 1 aliphatic carbocycles. The molecule has 0 bridgehead atoms. The van der Waals surface area contributed by atoms with Crippen molar-refractivity contribution in [3.05, 3.63) is 22.2 Å². The van der Waals surface area contributed by atoms with Crippen LogP contribution in [0.3, 0.4) is 0 Å². The fourth-order valence-electron chi connectivity index (χ4n) is 2.91. The van der Waals surface area contributed by atoms with E-state index in [1.54, 1.807) is 0 Å². The molecule has 1 saturated carbocycles. The van der Waals surface area contributed by atoms with E-state index in [1.807, 2.05) is 0 Å². The molecule has 1 fully saturated rings. The number of halogens is 1. The van der Waals surface area contributed by atoms with Crippen LogP contribution in [-0.4, -0.2) is 37.7 Å². The van der Waals surface area contributed by atoms with Crippen molar-refractivity contribution in [2.75, 3.05) is 26.8 Å². The summed E-state index contributed by atoms with van der Waals surface area (Å²) >= 11 is 3.58. The van der Waals surface area contributed by atoms with Crippen molar-refractivity contribution in [2.45, 2.75) is 31.3 Å². The first-order valence-electron chi connectivity index (χ1n) is 7.21. The molecule has 5 heteroatoms. The lowest BCUT2D eigenvalue weighted by Crippen LogP contribution is -2.42. The van der Waals surface area contributed by atoms with Crippen LogP contribution >= 0.6 is 15.9 Å². The van der Waals surface area contributed by atoms with E-state index in [-0.39, 0.29) is 6.04 Å². The highest BCUT2D eigenvalue weighted by molar-refractivity contribution is 9.10. The molecular weight excluding hydrogens is 320 g/mol. The second kappa shape index (κ2) is 5.92. The van der Waals surface area contributed by atoms with Crippen molar-refractivity contribution in [3.63, 3.8) is 0 Å². The first-order valence-corrected chi connectivity index (χ1v) is 8.01. The number of ether oxygens (including phenoxy) is 2. The quantitative estimate of drug-likeness (QED) is 0.915. The van der Waals surface area contributed by atoms with Gasteiger partial charge in [-0.05, 0) is 53.5 Å². The van der Waals surface area contributed by atoms with Crippen LogP contribution < -0.4 is 15.2 Å². The number of benzene rings is 1. The van der Waals surface area contributed by atoms with Crippen LogP contribution in [0.4, 0.5) is 0 Å². The highest BCUT2D eigenvalue weighted by Gasteiger charge is 2.29. The normalized spacial score (nSPS) is 19.8. The Balaban J connectivity index is 1.89. The molecule has 0 saturated heterocycles. The van der Waals surface area contributed by atoms with Gasteiger partial charge < -0.3 is 15.2 Å². The largest absolute Gasteiger partial charge is 0.486 e. The Bertz CT molecular complexity index is 491. The smallest absolute Gasteiger partial charge is 0.175 e. The zero-order valence-corrected chi connectivity index (χ0v) is 13.4. The maximum atomic E-state index is 6.02. The van der Waals surface area contributed by atoms with Gasteiger partial charge in [-0.3, -0.25) is 4.90 Å². The maximum absolute atomic E-state index is 6.02. The van der Waals surface area contributed by atoms with Gasteiger partial charge in [0.1, 0.15) is 13.2 Å². The summed E-state index contributed by atoms with van der Waals surface area (Å²) in [6, 6.07) is 5.08. The molecule has 4 nitrogen and oxygen atoms in total. The predicted octanol–water partition coefficient (Wildman–Crippen LogP) is 2.70. The molecule has 2 N–H and O–H groups in total. The average Bonchev–Trinajstić information content (AvgIpc) is 2.37. The number of fused-ring (bicyclic) bond motifs is 1. The minimum Gasteiger partial charge on any atom is -0.486 e. The zero-order chi connectivity index (χ0) is 14.1. The van der Waals surface area contributed by atoms with Crippen molar-refractivity contribution in [3.8, 4) is 11.5 Å². The van der Waals surface area contributed by atoms with Crippen LogP contribution in [0.5, 0.6) is 11.5 Å². The van der Waals surface area contributed by atoms with Crippen molar-refractivity contribution in [1.82, 2.24) is 4.90 Å². The van der Waals surface area contributed by atoms with Crippen LogP contribution in [0.25, 0.3) is 0 Å². The Kier molecular flexibility index (Phi) is 4.19. The molecule has 1 aromatic rings. The molecule has 110 valence electrons. The molecule has 1 atom stereocenters. The molecule has 1 aromatic carbocycles. The van der Waals surface area contributed by atoms with Crippen molar-refractivity contribution >= 4 is 15.9 Å². The van der Waals surface area contributed by atoms with Gasteiger partial charge in [-0.1, -0.05) is 6.42 Å². The fourth-order valence-corrected chi connectivity index (χ4v) is 3.48. The lowest BCUT2D eigenvalue weighted by atomic mass is 9.89. The average molecular weight is 341 g/mol. The molecule has 0 radical (unpaired) electrons. The Hall–Kier alpha value is -0.780. The zero-order valence-electron chi connectivity index (χ0n) is 11.8. The fraction of sp³-hybridized carbons (Fsp3) is 0.600. The Labute approximate surface area is 128 Å². The summed E-state index contributed by atoms with van der Waals surface area (Å²) in [6.07, 6.45) is 3.88. The lowest BCUT2D eigenvalue weighted by molar-refractivity contribution is 0.112. The standard InChI is InChI=1S/C15H21BrN2O2/c1-18(11-3-2-4-11)13(9-17)10-7-12(16)15-14(8-10)19-5-6-20-15/h7-8,11,13H,2-6,9,17H2,1H3. The predicted molar refractivity (Wildman–Crippen MR) is 82.3 cm³/mol. The van der Waals surface area contributed by atoms with Crippen LogP contribution in [0, 0.1) is 0 Å². The van der Waals surface area contributed by atoms with Crippen LogP contribution in [-0.2, 0) is 0 Å². The highest BCUT2D eigenvalue weighted by Crippen LogP contribution is 2.41. The Morgan fingerprint density at radius 3 is 2.75 bits per heavy atom. The van der Waals surface area contributed by atoms with E-state index in [1.165, 1.54) is 24.8 Å². The van der Waals surface area contributed by atoms with E-state index in [0.717, 1.165) is 16.0 Å². The molecular formula is C15H21BrN2O2. The van der Waals surface area contributed by atoms with Gasteiger partial charge in [0.2, 0.25) is 0 Å². The third-order valence-corrected chi connectivity index (χ3v) is 4.96. The lowest BCUT2D eigenvalue weighted by Gasteiger charge is -2.40. The molecule has 0 aromatic heterocycles. The topological polar surface area (TPSA) is 47.7 Å². The SMILES string of the molecule is CN(C1CCC1)C(CN)c1cc(Br)c2c(c1)OCCO2. The van der Waals surface area contributed by atoms with Gasteiger partial charge in [0.25, 0.3) is 0 Å². The third-order valence-electron chi connectivity index (χ3n) is 4.37. The van der Waals surface area contributed by atoms with Gasteiger partial charge in [0, 0.05) is 18.6 Å². The van der Waals surface area contributed by atoms with Gasteiger partial charge in [-0.15, -0.1) is 0 Å². The van der Waals surface area contributed by atoms with E-state index in [0.29, 0.717) is 25.8 Å². The van der Waals surface area contributed by atoms with E-state index in [2.05, 4.69) is 40.0 Å². The van der Waals surface area contributed by atoms with E-state index >= 15 is 0 Å². The molecule has 3 rings (SSSR count). The van der Waals surface area contributed by atoms with Crippen molar-refractivity contribution in [1.29, 1.82) is 0 Å². The van der Waals surface area contributed by atoms with Crippen LogP contribution in [0.2, 0.25) is 0 Å². The summed E-state index contributed by atoms with van der Waals surface area (Å²) in [7, 11) is 2.17. The minimum atomic E-state index is 0.229. The van der Waals surface area contributed by atoms with Gasteiger partial charge in [-0.25, -0.2) is 0 Å². The van der Waals surface area contributed by atoms with E-state index in [9.17, 15) is 0 Å². The molecule has 0 spiro atoms. The minimum absolute atomic E-state index is 0.229. The van der Waals surface area contributed by atoms with Crippen molar-refractivity contribution in [2.24, 2.45) is 5.73 Å². The third kappa shape index (κ3) is 2.54. The van der Waals surface area contributed by atoms with Crippen molar-refractivity contribution < 1.29 is 9.47 Å². The van der Waals surface area contributed by atoms with Crippen LogP contribution in [0.15, 0.2) is 16.6 Å². The molecule has 1 heterocycles. The van der Waals surface area contributed by atoms with Gasteiger partial charge >= 0.3 is 0 Å². The molecule has 1 aliphatic heterocycles. The molecule has 1 unspecified atom stereocenters. The summed E-state index contributed by atoms with van der Waals surface area (Å²) in [5, 5.41) is 0. The number of hydrogen-bond donors (Lipinski definition) is 1. The first-order chi connectivity index (χ1) is 9.70. The highest BCUT2D eigenvalue weighted by atomic mass is 79.9. The number of nitrogens with two attached hydrogens (primary N) is 1. The number of rotatable bonds is 4. The summed E-state index contributed by atoms with van der Waals surface area (Å²) in [5.41, 5.74) is 7.21. The Morgan fingerprint density at radius 2 is 2.10 bits per heavy atom. The second-order valence-corrected chi connectivity index (χ2v) is 6.38. The van der Waals surface area contributed by atoms with Gasteiger partial charge in [0.05, 0.1) is 4.47 Å². The summed E-state index contributed by atoms with van der Waals surface area (Å²) < 4.78 is 12.3. The number of hydrogen-bond acceptors (Lipinski definition) is 4. The first kappa shape index (κ1) is 14.2. The number of nitrogens with zero attached hydrogens (tertiary/aromatic N) is 1. The maximum Gasteiger partial charge on any atom is 0.175 e. The van der Waals surface area contributed by atoms with E-state index in [4.69, 9.17) is 15.2 Å². The summed E-state index contributed by atoms with van der Waals surface area (Å²) in [5.74, 6) is 1.63. The summed E-state index contributed by atoms with van der Waals surface area (Å²) in [4.78, 5) is 2.40. The molecule has 0 amide bonds. The molecule has 20 heavy (non-hydrogen) atoms. The van der Waals surface area contributed by atoms with Gasteiger partial charge in [-0.2, -0.15) is 0 Å². The summed E-state index contributed by atoms with van der Waals surface area (Å²) in [6.45, 7) is 1.82. The number of likely N-dealkylation sites (N-methyl/N-ethyl adjacent to an activating group) is 1. The van der Waals surface area contributed by atoms with Gasteiger partial charge in [0.15, 0.2) is 11.5 Å². The second-order valence-electron chi connectivity index (χ2n) is 5.53. The van der Waals surface area contributed by atoms with E-state index < -0.39 is 0 Å². The monoisotopic (exact) mass is 340 g/mol.